The molecule has 0 radical (unpaired) electrons. The van der Waals surface area contributed by atoms with Gasteiger partial charge in [-0.15, -0.1) is 0 Å². The fourth-order valence-corrected chi connectivity index (χ4v) is 0.320. The summed E-state index contributed by atoms with van der Waals surface area (Å²) in [5.74, 6) is 0. The molecule has 0 amide bonds. The third kappa shape index (κ3) is 54.0. The van der Waals surface area contributed by atoms with Crippen LogP contribution in [0.3, 0.4) is 0 Å². The van der Waals surface area contributed by atoms with E-state index in [1.165, 1.54) is 0 Å². The molecule has 9 nitrogen and oxygen atoms in total. The predicted molar refractivity (Wildman–Crippen MR) is 76.7 cm³/mol. The van der Waals surface area contributed by atoms with E-state index in [0.29, 0.717) is 0 Å². The Hall–Kier alpha value is -0.360. The van der Waals surface area contributed by atoms with Crippen molar-refractivity contribution >= 4 is 0 Å². The van der Waals surface area contributed by atoms with E-state index in [-0.39, 0.29) is 39.6 Å². The monoisotopic (exact) mass is 320 g/mol. The molecule has 0 heterocycles. The van der Waals surface area contributed by atoms with Gasteiger partial charge in [0.25, 0.3) is 0 Å². The normalized spacial score (nSPS) is 9.14. The maximum absolute atomic E-state index is 8.17. The standard InChI is InChI=1S/C4H10O.2C3H8O3.C2H6O2/c1-3-5-4-2;2*4-1-3(6)2-5;3-1-2-4/h3-4H2,1-2H3;2*3-6H,1-2H2;3-4H,1-2H2. The van der Waals surface area contributed by atoms with E-state index in [1.54, 1.807) is 0 Å². The van der Waals surface area contributed by atoms with Gasteiger partial charge < -0.3 is 45.6 Å². The Balaban J connectivity index is -0.0000000929. The van der Waals surface area contributed by atoms with Crippen molar-refractivity contribution < 1.29 is 45.6 Å². The van der Waals surface area contributed by atoms with E-state index >= 15 is 0 Å². The van der Waals surface area contributed by atoms with Gasteiger partial charge in [0.1, 0.15) is 12.2 Å². The molecule has 0 atom stereocenters. The molecule has 8 N–H and O–H groups in total. The van der Waals surface area contributed by atoms with Gasteiger partial charge in [-0.1, -0.05) is 0 Å². The minimum absolute atomic E-state index is 0.125. The van der Waals surface area contributed by atoms with Gasteiger partial charge in [-0.25, -0.2) is 0 Å². The Morgan fingerprint density at radius 3 is 0.857 bits per heavy atom. The maximum Gasteiger partial charge on any atom is 0.100 e. The molecule has 0 aromatic carbocycles. The highest BCUT2D eigenvalue weighted by molar-refractivity contribution is 4.44. The predicted octanol–water partition coefficient (Wildman–Crippen LogP) is -3.32. The van der Waals surface area contributed by atoms with Gasteiger partial charge >= 0.3 is 0 Å². The smallest absolute Gasteiger partial charge is 0.100 e. The summed E-state index contributed by atoms with van der Waals surface area (Å²) in [4.78, 5) is 0. The first-order chi connectivity index (χ1) is 9.94. The minimum Gasteiger partial charge on any atom is -0.394 e. The van der Waals surface area contributed by atoms with Gasteiger partial charge in [0.05, 0.1) is 39.6 Å². The second-order valence-corrected chi connectivity index (χ2v) is 3.27. The molecule has 0 aliphatic rings. The molecule has 134 valence electrons. The Labute approximate surface area is 125 Å². The quantitative estimate of drug-likeness (QED) is 0.239. The van der Waals surface area contributed by atoms with Gasteiger partial charge in [-0.3, -0.25) is 0 Å². The molecule has 0 rings (SSSR count). The summed E-state index contributed by atoms with van der Waals surface area (Å²) in [7, 11) is 0. The molecule has 21 heavy (non-hydrogen) atoms. The lowest BCUT2D eigenvalue weighted by molar-refractivity contribution is 0.0450. The van der Waals surface area contributed by atoms with E-state index in [1.807, 2.05) is 13.8 Å². The molecule has 0 saturated heterocycles. The average molecular weight is 320 g/mol. The highest BCUT2D eigenvalue weighted by Gasteiger charge is 1.94. The van der Waals surface area contributed by atoms with Crippen LogP contribution < -0.4 is 0 Å². The average Bonchev–Trinajstić information content (AvgIpc) is 2.55. The second kappa shape index (κ2) is 31.8. The SMILES string of the molecule is CCOCC.OCC(O)CO.OCC(O)CO.OCCO. The van der Waals surface area contributed by atoms with Crippen molar-refractivity contribution in [2.24, 2.45) is 0 Å². The molecular formula is C12H32O9. The van der Waals surface area contributed by atoms with Crippen molar-refractivity contribution in [3.8, 4) is 0 Å². The van der Waals surface area contributed by atoms with Crippen LogP contribution in [0.1, 0.15) is 13.8 Å². The first-order valence-corrected chi connectivity index (χ1v) is 6.54. The number of aliphatic hydroxyl groups is 8. The Morgan fingerprint density at radius 1 is 0.619 bits per heavy atom. The highest BCUT2D eigenvalue weighted by Crippen LogP contribution is 1.72. The van der Waals surface area contributed by atoms with Crippen LogP contribution in [0.4, 0.5) is 0 Å². The third-order valence-corrected chi connectivity index (χ3v) is 1.35. The van der Waals surface area contributed by atoms with Crippen molar-refractivity contribution in [3.05, 3.63) is 0 Å². The summed E-state index contributed by atoms with van der Waals surface area (Å²) in [6.45, 7) is 3.96. The second-order valence-electron chi connectivity index (χ2n) is 3.27. The summed E-state index contributed by atoms with van der Waals surface area (Å²) < 4.78 is 4.83. The highest BCUT2D eigenvalue weighted by atomic mass is 16.5. The van der Waals surface area contributed by atoms with E-state index in [0.717, 1.165) is 13.2 Å². The minimum atomic E-state index is -0.954. The molecule has 0 aromatic heterocycles. The van der Waals surface area contributed by atoms with E-state index < -0.39 is 12.2 Å². The van der Waals surface area contributed by atoms with Crippen molar-refractivity contribution in [1.29, 1.82) is 0 Å². The van der Waals surface area contributed by atoms with Gasteiger partial charge in [-0.2, -0.15) is 0 Å². The summed E-state index contributed by atoms with van der Waals surface area (Å²) in [6.07, 6.45) is -1.91. The zero-order chi connectivity index (χ0) is 17.5. The molecule has 0 aliphatic heterocycles. The topological polar surface area (TPSA) is 171 Å². The first kappa shape index (κ1) is 28.8. The number of rotatable bonds is 7. The largest absolute Gasteiger partial charge is 0.394 e. The molecule has 0 bridgehead atoms. The molecule has 0 saturated carbocycles. The van der Waals surface area contributed by atoms with Crippen LogP contribution in [0, 0.1) is 0 Å². The van der Waals surface area contributed by atoms with Gasteiger partial charge in [-0.05, 0) is 13.8 Å². The molecule has 0 aliphatic carbocycles. The Bertz CT molecular complexity index is 116. The van der Waals surface area contributed by atoms with Crippen molar-refractivity contribution in [3.63, 3.8) is 0 Å². The van der Waals surface area contributed by atoms with E-state index in [4.69, 9.17) is 45.6 Å². The zero-order valence-corrected chi connectivity index (χ0v) is 12.8. The zero-order valence-electron chi connectivity index (χ0n) is 12.8. The van der Waals surface area contributed by atoms with Crippen LogP contribution in [-0.2, 0) is 4.74 Å². The summed E-state index contributed by atoms with van der Waals surface area (Å²) in [5.41, 5.74) is 0. The third-order valence-electron chi connectivity index (χ3n) is 1.35. The number of ether oxygens (including phenoxy) is 1. The molecular weight excluding hydrogens is 288 g/mol. The van der Waals surface area contributed by atoms with Crippen LogP contribution in [0.2, 0.25) is 0 Å². The van der Waals surface area contributed by atoms with Crippen LogP contribution in [-0.4, -0.2) is 106 Å². The van der Waals surface area contributed by atoms with E-state index in [9.17, 15) is 0 Å². The number of hydrogen-bond acceptors (Lipinski definition) is 9. The van der Waals surface area contributed by atoms with E-state index in [2.05, 4.69) is 0 Å². The van der Waals surface area contributed by atoms with Gasteiger partial charge in [0, 0.05) is 13.2 Å². The lowest BCUT2D eigenvalue weighted by Crippen LogP contribution is -2.15. The molecule has 0 fully saturated rings. The van der Waals surface area contributed by atoms with Crippen LogP contribution in [0.15, 0.2) is 0 Å². The summed E-state index contributed by atoms with van der Waals surface area (Å²) >= 11 is 0. The molecule has 0 spiro atoms. The lowest BCUT2D eigenvalue weighted by atomic mass is 10.4. The van der Waals surface area contributed by atoms with Gasteiger partial charge in [0.2, 0.25) is 0 Å². The maximum atomic E-state index is 8.17. The van der Waals surface area contributed by atoms with Crippen molar-refractivity contribution in [1.82, 2.24) is 0 Å². The van der Waals surface area contributed by atoms with Crippen LogP contribution >= 0.6 is 0 Å². The molecule has 9 heteroatoms. The fourth-order valence-electron chi connectivity index (χ4n) is 0.320. The van der Waals surface area contributed by atoms with Gasteiger partial charge in [0.15, 0.2) is 0 Å². The summed E-state index contributed by atoms with van der Waals surface area (Å²) in [6, 6.07) is 0. The van der Waals surface area contributed by atoms with Crippen molar-refractivity contribution in [2.75, 3.05) is 52.9 Å². The molecule has 0 aromatic rings. The number of hydrogen-bond donors (Lipinski definition) is 8. The summed E-state index contributed by atoms with van der Waals surface area (Å²) in [5, 5.41) is 63.3. The van der Waals surface area contributed by atoms with Crippen molar-refractivity contribution in [2.45, 2.75) is 26.1 Å². The fraction of sp³-hybridized carbons (Fsp3) is 1.00. The van der Waals surface area contributed by atoms with Crippen LogP contribution in [0.25, 0.3) is 0 Å². The Kier molecular flexibility index (Phi) is 43.6. The van der Waals surface area contributed by atoms with Crippen LogP contribution in [0.5, 0.6) is 0 Å². The first-order valence-electron chi connectivity index (χ1n) is 6.54. The Morgan fingerprint density at radius 2 is 0.857 bits per heavy atom. The number of aliphatic hydroxyl groups excluding tert-OH is 8. The molecule has 0 unspecified atom stereocenters. The lowest BCUT2D eigenvalue weighted by Gasteiger charge is -1.96.